The Hall–Kier alpha value is -9.40. The summed E-state index contributed by atoms with van der Waals surface area (Å²) in [5.41, 5.74) is 0.781. The average Bonchev–Trinajstić information content (AvgIpc) is 3.46. The number of nitrogens with one attached hydrogen (secondary N) is 1. The van der Waals surface area contributed by atoms with E-state index in [4.69, 9.17) is 17.7 Å². The molecule has 3 aliphatic heterocycles. The lowest BCUT2D eigenvalue weighted by Gasteiger charge is -2.48. The minimum atomic E-state index is -1.20. The number of hydrogen-bond acceptors (Lipinski definition) is 9. The Labute approximate surface area is 453 Å². The Balaban J connectivity index is 0.000000133. The summed E-state index contributed by atoms with van der Waals surface area (Å²) in [6.45, 7) is 27.7. The van der Waals surface area contributed by atoms with Crippen LogP contribution in [0.2, 0.25) is 0 Å². The molecule has 0 saturated heterocycles. The molecule has 3 aromatic carbocycles. The predicted molar refractivity (Wildman–Crippen MR) is 295 cm³/mol. The van der Waals surface area contributed by atoms with Gasteiger partial charge in [0.15, 0.2) is 11.6 Å². The van der Waals surface area contributed by atoms with Gasteiger partial charge in [-0.3, -0.25) is 24.2 Å². The molecular weight excluding hydrogens is 977 g/mol. The van der Waals surface area contributed by atoms with E-state index in [1.807, 2.05) is 115 Å². The number of fused-ring (bicyclic) bond motifs is 4. The molecule has 0 bridgehead atoms. The monoisotopic (exact) mass is 1030 g/mol. The molecule has 0 radical (unpaired) electrons. The fourth-order valence-corrected chi connectivity index (χ4v) is 12.5. The molecule has 1 unspecified atom stereocenters. The molecule has 6 aromatic rings. The minimum Gasteiger partial charge on any atom is -0.360 e. The summed E-state index contributed by atoms with van der Waals surface area (Å²) in [5.74, 6) is 1.14. The smallest absolute Gasteiger partial charge is 0.245 e. The average molecular weight is 1030 g/mol. The molecule has 3 atom stereocenters. The quantitative estimate of drug-likeness (QED) is 0.131. The van der Waals surface area contributed by atoms with E-state index in [2.05, 4.69) is 50.1 Å². The first-order valence-corrected chi connectivity index (χ1v) is 25.7. The van der Waals surface area contributed by atoms with Crippen LogP contribution in [-0.2, 0) is 52.1 Å². The van der Waals surface area contributed by atoms with Crippen LogP contribution >= 0.6 is 0 Å². The van der Waals surface area contributed by atoms with E-state index in [1.165, 1.54) is 0 Å². The van der Waals surface area contributed by atoms with Crippen molar-refractivity contribution in [1.29, 1.82) is 0 Å². The highest BCUT2D eigenvalue weighted by molar-refractivity contribution is 6.15. The fraction of sp³-hybridized carbons (Fsp3) is 0.250. The van der Waals surface area contributed by atoms with Gasteiger partial charge in [0.1, 0.15) is 33.6 Å². The van der Waals surface area contributed by atoms with Crippen LogP contribution in [0.3, 0.4) is 0 Å². The van der Waals surface area contributed by atoms with E-state index in [9.17, 15) is 24.0 Å². The molecule has 3 amide bonds. The Kier molecular flexibility index (Phi) is 13.1. The van der Waals surface area contributed by atoms with Crippen molar-refractivity contribution >= 4 is 40.9 Å². The third-order valence-corrected chi connectivity index (χ3v) is 16.2. The lowest BCUT2D eigenvalue weighted by atomic mass is 9.56. The van der Waals surface area contributed by atoms with E-state index < -0.39 is 27.1 Å². The molecule has 3 aromatic heterocycles. The topological polar surface area (TPSA) is 164 Å². The number of pyridine rings is 2. The highest BCUT2D eigenvalue weighted by Crippen LogP contribution is 2.55. The SMILES string of the molecule is CC1(C)C2=CCNC(=O)C2(c2ccccc2)Cc2cnoc21.[C-]#[N+]C1=C[C@@]2(c3ccccc3)C(=O)N(c3ccccn3)CC=C2C(C)(C)C1=O.[C-]#[N+]C1=C[C@]2(c3ccccc3)C(=O)N(c3ccccn3)CC=C2C(C)(C)C1=O. The summed E-state index contributed by atoms with van der Waals surface area (Å²) in [5, 5.41) is 6.99. The lowest BCUT2D eigenvalue weighted by Crippen LogP contribution is -2.57. The van der Waals surface area contributed by atoms with Gasteiger partial charge in [-0.15, -0.1) is 0 Å². The number of aromatic nitrogens is 3. The molecule has 0 saturated carbocycles. The highest BCUT2D eigenvalue weighted by atomic mass is 16.5. The van der Waals surface area contributed by atoms with Gasteiger partial charge in [0, 0.05) is 53.8 Å². The van der Waals surface area contributed by atoms with E-state index in [-0.39, 0.29) is 46.1 Å². The minimum absolute atomic E-state index is 0.00206. The number of ketones is 2. The molecule has 14 nitrogen and oxygen atoms in total. The van der Waals surface area contributed by atoms with Gasteiger partial charge in [-0.05, 0) is 77.9 Å². The summed E-state index contributed by atoms with van der Waals surface area (Å²) < 4.78 is 5.51. The van der Waals surface area contributed by atoms with Crippen LogP contribution in [0.25, 0.3) is 9.69 Å². The van der Waals surface area contributed by atoms with Crippen molar-refractivity contribution in [2.45, 2.75) is 69.6 Å². The van der Waals surface area contributed by atoms with Crippen molar-refractivity contribution in [3.8, 4) is 0 Å². The van der Waals surface area contributed by atoms with Crippen molar-refractivity contribution in [2.75, 3.05) is 29.4 Å². The van der Waals surface area contributed by atoms with Gasteiger partial charge in [0.2, 0.25) is 29.1 Å². The maximum Gasteiger partial charge on any atom is 0.245 e. The first kappa shape index (κ1) is 52.1. The molecule has 3 aliphatic carbocycles. The Morgan fingerprint density at radius 2 is 0.974 bits per heavy atom. The van der Waals surface area contributed by atoms with E-state index in [1.54, 1.807) is 92.5 Å². The van der Waals surface area contributed by atoms with Crippen molar-refractivity contribution < 1.29 is 28.5 Å². The largest absolute Gasteiger partial charge is 0.360 e. The third kappa shape index (κ3) is 7.97. The summed E-state index contributed by atoms with van der Waals surface area (Å²) in [7, 11) is 0. The summed E-state index contributed by atoms with van der Waals surface area (Å²) in [6, 6.07) is 39.6. The lowest BCUT2D eigenvalue weighted by molar-refractivity contribution is -0.127. The van der Waals surface area contributed by atoms with Crippen LogP contribution in [0.15, 0.2) is 209 Å². The zero-order valence-electron chi connectivity index (χ0n) is 44.2. The summed E-state index contributed by atoms with van der Waals surface area (Å²) >= 11 is 0. The van der Waals surface area contributed by atoms with Gasteiger partial charge in [-0.1, -0.05) is 166 Å². The number of benzene rings is 3. The Morgan fingerprint density at radius 1 is 0.538 bits per heavy atom. The number of anilines is 2. The first-order valence-electron chi connectivity index (χ1n) is 25.7. The van der Waals surface area contributed by atoms with Crippen molar-refractivity contribution in [3.63, 3.8) is 0 Å². The number of amides is 3. The fourth-order valence-electron chi connectivity index (χ4n) is 12.5. The van der Waals surface area contributed by atoms with Crippen LogP contribution in [0.4, 0.5) is 11.6 Å². The molecule has 78 heavy (non-hydrogen) atoms. The molecule has 1 N–H and O–H groups in total. The van der Waals surface area contributed by atoms with Gasteiger partial charge < -0.3 is 19.4 Å². The van der Waals surface area contributed by atoms with Crippen LogP contribution in [0, 0.1) is 24.0 Å². The molecule has 0 fully saturated rings. The number of Topliss-reactive ketones (excluding diaryl/α,β-unsaturated/α-hetero) is 2. The van der Waals surface area contributed by atoms with Crippen LogP contribution < -0.4 is 15.1 Å². The number of carbonyl (C=O) groups excluding carboxylic acids is 5. The number of allylic oxidation sites excluding steroid dienone is 2. The second kappa shape index (κ2) is 19.6. The number of nitrogens with zero attached hydrogens (tertiary/aromatic N) is 7. The number of hydrogen-bond donors (Lipinski definition) is 1. The molecule has 0 spiro atoms. The van der Waals surface area contributed by atoms with Gasteiger partial charge in [0.05, 0.1) is 19.3 Å². The first-order chi connectivity index (χ1) is 37.4. The zero-order chi connectivity index (χ0) is 55.3. The standard InChI is InChI=1S/2C23H19N3O2.C18H18N2O2/c2*1-22(2)18-12-14-26(19-11-7-8-13-25-19)21(28)23(18,15-17(24-3)20(22)27)16-9-5-4-6-10-16;1-17(2)14-8-9-19-16(21)18(14,13-6-4-3-5-7-13)10-12-11-20-22-15(12)17/h2*4-13,15H,14H2,1-2H3;3-8,11H,9-10H2,1-2H3,(H,19,21)/t2*23-;/m10./s1. The maximum atomic E-state index is 13.9. The highest BCUT2D eigenvalue weighted by Gasteiger charge is 2.59. The van der Waals surface area contributed by atoms with Gasteiger partial charge in [0.25, 0.3) is 0 Å². The van der Waals surface area contributed by atoms with Crippen molar-refractivity contribution in [3.05, 3.63) is 255 Å². The zero-order valence-corrected chi connectivity index (χ0v) is 44.2. The van der Waals surface area contributed by atoms with Gasteiger partial charge in [-0.2, -0.15) is 0 Å². The van der Waals surface area contributed by atoms with Crippen LogP contribution in [0.1, 0.15) is 69.6 Å². The maximum absolute atomic E-state index is 13.9. The number of carbonyl (C=O) groups is 5. The molecular formula is C64H56N8O6. The van der Waals surface area contributed by atoms with Gasteiger partial charge >= 0.3 is 0 Å². The van der Waals surface area contributed by atoms with Crippen molar-refractivity contribution in [2.24, 2.45) is 10.8 Å². The third-order valence-electron chi connectivity index (χ3n) is 16.2. The van der Waals surface area contributed by atoms with Crippen molar-refractivity contribution in [1.82, 2.24) is 20.4 Å². The second-order valence-electron chi connectivity index (χ2n) is 21.6. The molecule has 388 valence electrons. The summed E-state index contributed by atoms with van der Waals surface area (Å²) in [4.78, 5) is 85.4. The van der Waals surface area contributed by atoms with E-state index >= 15 is 0 Å². The Bertz CT molecular complexity index is 3480. The van der Waals surface area contributed by atoms with E-state index in [0.717, 1.165) is 44.7 Å². The van der Waals surface area contributed by atoms with Crippen LogP contribution in [0.5, 0.6) is 0 Å². The molecule has 14 heteroatoms. The van der Waals surface area contributed by atoms with Gasteiger partial charge in [-0.25, -0.2) is 19.7 Å². The normalized spacial score (nSPS) is 24.1. The summed E-state index contributed by atoms with van der Waals surface area (Å²) in [6.07, 6.45) is 14.8. The number of rotatable bonds is 5. The molecule has 6 aliphatic rings. The molecule has 6 heterocycles. The predicted octanol–water partition coefficient (Wildman–Crippen LogP) is 9.91. The molecule has 12 rings (SSSR count). The second-order valence-corrected chi connectivity index (χ2v) is 21.6. The van der Waals surface area contributed by atoms with E-state index in [0.29, 0.717) is 37.7 Å². The van der Waals surface area contributed by atoms with Crippen LogP contribution in [-0.4, -0.2) is 64.0 Å². The Morgan fingerprint density at radius 3 is 1.40 bits per heavy atom.